The summed E-state index contributed by atoms with van der Waals surface area (Å²) in [7, 11) is 1.60. The van der Waals surface area contributed by atoms with Crippen molar-refractivity contribution in [3.8, 4) is 5.75 Å². The monoisotopic (exact) mass is 264 g/mol. The predicted octanol–water partition coefficient (Wildman–Crippen LogP) is 3.48. The molecule has 0 bridgehead atoms. The summed E-state index contributed by atoms with van der Waals surface area (Å²) in [6.07, 6.45) is 0. The van der Waals surface area contributed by atoms with Gasteiger partial charge in [-0.2, -0.15) is 0 Å². The van der Waals surface area contributed by atoms with Gasteiger partial charge in [0.05, 0.1) is 18.6 Å². The van der Waals surface area contributed by atoms with Gasteiger partial charge in [0.25, 0.3) is 0 Å². The smallest absolute Gasteiger partial charge is 0.132 e. The molecule has 94 valence electrons. The zero-order chi connectivity index (χ0) is 13.0. The number of ether oxygens (including phenoxy) is 1. The zero-order valence-electron chi connectivity index (χ0n) is 9.89. The summed E-state index contributed by atoms with van der Waals surface area (Å²) < 4.78 is 18.6. The zero-order valence-corrected chi connectivity index (χ0v) is 10.7. The van der Waals surface area contributed by atoms with Crippen LogP contribution in [0, 0.1) is 5.82 Å². The van der Waals surface area contributed by atoms with Crippen LogP contribution in [-0.4, -0.2) is 12.2 Å². The van der Waals surface area contributed by atoms with Gasteiger partial charge in [-0.05, 0) is 35.9 Å². The molecule has 4 heteroatoms. The third-order valence-electron chi connectivity index (χ3n) is 2.41. The fourth-order valence-corrected chi connectivity index (χ4v) is 2.64. The van der Waals surface area contributed by atoms with Crippen molar-refractivity contribution in [2.45, 2.75) is 16.4 Å². The highest BCUT2D eigenvalue weighted by Gasteiger charge is 2.06. The van der Waals surface area contributed by atoms with E-state index in [9.17, 15) is 4.39 Å². The molecule has 0 saturated heterocycles. The van der Waals surface area contributed by atoms with E-state index >= 15 is 0 Å². The summed E-state index contributed by atoms with van der Waals surface area (Å²) in [6.45, 7) is -0.169. The van der Waals surface area contributed by atoms with Gasteiger partial charge in [0.1, 0.15) is 11.6 Å². The van der Waals surface area contributed by atoms with Crippen molar-refractivity contribution in [2.75, 3.05) is 7.11 Å². The van der Waals surface area contributed by atoms with Crippen LogP contribution in [0.5, 0.6) is 5.75 Å². The lowest BCUT2D eigenvalue weighted by Crippen LogP contribution is -1.88. The van der Waals surface area contributed by atoms with Crippen molar-refractivity contribution in [3.05, 3.63) is 53.8 Å². The first-order chi connectivity index (χ1) is 8.72. The van der Waals surface area contributed by atoms with Crippen LogP contribution in [-0.2, 0) is 6.61 Å². The lowest BCUT2D eigenvalue weighted by atomic mass is 10.2. The van der Waals surface area contributed by atoms with Gasteiger partial charge >= 0.3 is 0 Å². The molecule has 0 atom stereocenters. The number of hydrogen-bond acceptors (Lipinski definition) is 3. The minimum atomic E-state index is -0.348. The van der Waals surface area contributed by atoms with E-state index < -0.39 is 0 Å². The maximum atomic E-state index is 13.3. The van der Waals surface area contributed by atoms with Crippen molar-refractivity contribution in [1.29, 1.82) is 0 Å². The number of benzene rings is 2. The lowest BCUT2D eigenvalue weighted by molar-refractivity contribution is 0.281. The lowest BCUT2D eigenvalue weighted by Gasteiger charge is -2.08. The molecule has 0 fully saturated rings. The Morgan fingerprint density at radius 3 is 2.72 bits per heavy atom. The molecule has 18 heavy (non-hydrogen) atoms. The molecule has 2 aromatic carbocycles. The van der Waals surface area contributed by atoms with Crippen LogP contribution in [0.3, 0.4) is 0 Å². The average molecular weight is 264 g/mol. The quantitative estimate of drug-likeness (QED) is 0.916. The van der Waals surface area contributed by atoms with Gasteiger partial charge in [-0.15, -0.1) is 0 Å². The van der Waals surface area contributed by atoms with Crippen molar-refractivity contribution in [1.82, 2.24) is 0 Å². The number of para-hydroxylation sites is 1. The Morgan fingerprint density at radius 2 is 2.00 bits per heavy atom. The maximum Gasteiger partial charge on any atom is 0.132 e. The number of rotatable bonds is 4. The van der Waals surface area contributed by atoms with Gasteiger partial charge in [-0.1, -0.05) is 23.9 Å². The molecule has 0 aliphatic carbocycles. The topological polar surface area (TPSA) is 29.5 Å². The van der Waals surface area contributed by atoms with Gasteiger partial charge in [-0.3, -0.25) is 0 Å². The molecule has 2 nitrogen and oxygen atoms in total. The first-order valence-corrected chi connectivity index (χ1v) is 6.26. The summed E-state index contributed by atoms with van der Waals surface area (Å²) in [5, 5.41) is 9.05. The Bertz CT molecular complexity index is 543. The van der Waals surface area contributed by atoms with Crippen LogP contribution >= 0.6 is 11.8 Å². The van der Waals surface area contributed by atoms with E-state index in [1.54, 1.807) is 13.2 Å². The van der Waals surface area contributed by atoms with Crippen molar-refractivity contribution >= 4 is 11.8 Å². The molecule has 1 N–H and O–H groups in total. The standard InChI is InChI=1S/C14H13FO2S/c1-17-13-4-2-3-5-14(13)18-12-7-10(9-16)6-11(15)8-12/h2-8,16H,9H2,1H3. The second kappa shape index (κ2) is 5.89. The molecule has 0 saturated carbocycles. The fourth-order valence-electron chi connectivity index (χ4n) is 1.60. The van der Waals surface area contributed by atoms with Gasteiger partial charge in [0.2, 0.25) is 0 Å². The van der Waals surface area contributed by atoms with Crippen molar-refractivity contribution in [2.24, 2.45) is 0 Å². The number of hydrogen-bond donors (Lipinski definition) is 1. The SMILES string of the molecule is COc1ccccc1Sc1cc(F)cc(CO)c1. The van der Waals surface area contributed by atoms with Gasteiger partial charge in [0, 0.05) is 4.90 Å². The molecular formula is C14H13FO2S. The summed E-state index contributed by atoms with van der Waals surface area (Å²) in [5.74, 6) is 0.399. The van der Waals surface area contributed by atoms with Crippen LogP contribution in [0.25, 0.3) is 0 Å². The third-order valence-corrected chi connectivity index (χ3v) is 3.44. The minimum Gasteiger partial charge on any atom is -0.496 e. The van der Waals surface area contributed by atoms with Crippen LogP contribution in [0.15, 0.2) is 52.3 Å². The van der Waals surface area contributed by atoms with Crippen molar-refractivity contribution < 1.29 is 14.2 Å². The first-order valence-electron chi connectivity index (χ1n) is 5.44. The molecule has 2 aromatic rings. The molecule has 0 aliphatic heterocycles. The number of aliphatic hydroxyl groups is 1. The number of aliphatic hydroxyl groups excluding tert-OH is 1. The van der Waals surface area contributed by atoms with E-state index in [1.165, 1.54) is 23.9 Å². The molecule has 0 unspecified atom stereocenters. The highest BCUT2D eigenvalue weighted by molar-refractivity contribution is 7.99. The van der Waals surface area contributed by atoms with E-state index in [0.29, 0.717) is 5.56 Å². The third kappa shape index (κ3) is 3.03. The van der Waals surface area contributed by atoms with E-state index in [0.717, 1.165) is 15.5 Å². The van der Waals surface area contributed by atoms with Crippen LogP contribution < -0.4 is 4.74 Å². The van der Waals surface area contributed by atoms with E-state index in [-0.39, 0.29) is 12.4 Å². The summed E-state index contributed by atoms with van der Waals surface area (Å²) >= 11 is 1.41. The number of methoxy groups -OCH3 is 1. The highest BCUT2D eigenvalue weighted by atomic mass is 32.2. The predicted molar refractivity (Wildman–Crippen MR) is 69.4 cm³/mol. The van der Waals surface area contributed by atoms with Gasteiger partial charge < -0.3 is 9.84 Å². The largest absolute Gasteiger partial charge is 0.496 e. The Balaban J connectivity index is 2.30. The van der Waals surface area contributed by atoms with Crippen molar-refractivity contribution in [3.63, 3.8) is 0 Å². The second-order valence-electron chi connectivity index (χ2n) is 3.71. The van der Waals surface area contributed by atoms with Gasteiger partial charge in [0.15, 0.2) is 0 Å². The Morgan fingerprint density at radius 1 is 1.22 bits per heavy atom. The fraction of sp³-hybridized carbons (Fsp3) is 0.143. The van der Waals surface area contributed by atoms with E-state index in [2.05, 4.69) is 0 Å². The van der Waals surface area contributed by atoms with Crippen LogP contribution in [0.4, 0.5) is 4.39 Å². The molecule has 2 rings (SSSR count). The number of halogens is 1. The highest BCUT2D eigenvalue weighted by Crippen LogP contribution is 2.35. The maximum absolute atomic E-state index is 13.3. The molecule has 0 heterocycles. The van der Waals surface area contributed by atoms with E-state index in [4.69, 9.17) is 9.84 Å². The summed E-state index contributed by atoms with van der Waals surface area (Å²) in [5.41, 5.74) is 0.562. The van der Waals surface area contributed by atoms with Gasteiger partial charge in [-0.25, -0.2) is 4.39 Å². The molecule has 0 aliphatic rings. The van der Waals surface area contributed by atoms with Crippen LogP contribution in [0.2, 0.25) is 0 Å². The van der Waals surface area contributed by atoms with E-state index in [1.807, 2.05) is 24.3 Å². The Kier molecular flexibility index (Phi) is 4.23. The molecule has 0 amide bonds. The average Bonchev–Trinajstić information content (AvgIpc) is 2.38. The second-order valence-corrected chi connectivity index (χ2v) is 4.82. The summed E-state index contributed by atoms with van der Waals surface area (Å²) in [4.78, 5) is 1.65. The molecule has 0 spiro atoms. The minimum absolute atomic E-state index is 0.169. The molecule has 0 radical (unpaired) electrons. The first kappa shape index (κ1) is 12.9. The summed E-state index contributed by atoms with van der Waals surface area (Å²) in [6, 6.07) is 12.1. The normalized spacial score (nSPS) is 10.4. The molecular weight excluding hydrogens is 251 g/mol. The Hall–Kier alpha value is -1.52. The molecule has 0 aromatic heterocycles. The van der Waals surface area contributed by atoms with Crippen LogP contribution in [0.1, 0.15) is 5.56 Å². The Labute approximate surface area is 109 Å².